The van der Waals surface area contributed by atoms with Gasteiger partial charge in [-0.3, -0.25) is 4.79 Å². The Morgan fingerprint density at radius 1 is 1.33 bits per heavy atom. The lowest BCUT2D eigenvalue weighted by Gasteiger charge is -2.30. The van der Waals surface area contributed by atoms with E-state index in [1.165, 1.54) is 29.8 Å². The fourth-order valence-corrected chi connectivity index (χ4v) is 4.46. The van der Waals surface area contributed by atoms with Crippen molar-refractivity contribution >= 4 is 40.5 Å². The van der Waals surface area contributed by atoms with Crippen LogP contribution in [-0.2, 0) is 0 Å². The summed E-state index contributed by atoms with van der Waals surface area (Å²) < 4.78 is 14.0. The fourth-order valence-electron chi connectivity index (χ4n) is 3.28. The van der Waals surface area contributed by atoms with Crippen molar-refractivity contribution in [2.24, 2.45) is 5.92 Å². The number of hydrogen-bond acceptors (Lipinski definition) is 6. The van der Waals surface area contributed by atoms with Gasteiger partial charge in [-0.2, -0.15) is 0 Å². The maximum absolute atomic E-state index is 12.4. The number of fused-ring (bicyclic) bond motifs is 3. The number of thiazole rings is 1. The van der Waals surface area contributed by atoms with Crippen LogP contribution in [0.1, 0.15) is 34.4 Å². The van der Waals surface area contributed by atoms with Gasteiger partial charge >= 0.3 is 5.97 Å². The molecule has 0 amide bonds. The molecule has 1 atom stereocenters. The van der Waals surface area contributed by atoms with E-state index in [0.29, 0.717) is 49.6 Å². The molecule has 1 N–H and O–H groups in total. The molecular formula is C20H14Cl2N2O5S. The number of carboxylic acid groups (broad SMARTS) is 1. The third kappa shape index (κ3) is 3.45. The van der Waals surface area contributed by atoms with Crippen LogP contribution >= 0.6 is 34.5 Å². The molecule has 3 heterocycles. The fraction of sp³-hybridized carbons (Fsp3) is 0.250. The molecule has 0 radical (unpaired) electrons. The number of carbonyl (C=O) groups is 1. The summed E-state index contributed by atoms with van der Waals surface area (Å²) in [6, 6.07) is 4.63. The van der Waals surface area contributed by atoms with Crippen LogP contribution in [0.3, 0.4) is 0 Å². The molecule has 7 nitrogen and oxygen atoms in total. The van der Waals surface area contributed by atoms with Crippen LogP contribution in [-0.4, -0.2) is 27.2 Å². The monoisotopic (exact) mass is 464 g/mol. The lowest BCUT2D eigenvalue weighted by atomic mass is 10.1. The van der Waals surface area contributed by atoms with Crippen LogP contribution in [0.25, 0.3) is 11.3 Å². The molecule has 2 aromatic heterocycles. The Hall–Kier alpha value is -2.55. The van der Waals surface area contributed by atoms with Gasteiger partial charge in [-0.25, -0.2) is 9.78 Å². The number of ether oxygens (including phenoxy) is 2. The van der Waals surface area contributed by atoms with Gasteiger partial charge in [0.1, 0.15) is 21.4 Å². The SMILES string of the molecule is O=C(O)c1cn2c(cc1=O)-c1cc(Cl)c(OCC3CC3)cc1OC2c1ncc(Cl)s1. The van der Waals surface area contributed by atoms with E-state index in [-0.39, 0.29) is 5.56 Å². The van der Waals surface area contributed by atoms with Crippen LogP contribution in [0.15, 0.2) is 35.4 Å². The molecule has 0 bridgehead atoms. The summed E-state index contributed by atoms with van der Waals surface area (Å²) in [4.78, 5) is 28.2. The Bertz CT molecular complexity index is 1230. The molecule has 1 fully saturated rings. The summed E-state index contributed by atoms with van der Waals surface area (Å²) in [5.41, 5.74) is 0.0570. The number of aromatic nitrogens is 2. The molecule has 1 saturated carbocycles. The maximum atomic E-state index is 12.4. The third-order valence-corrected chi connectivity index (χ3v) is 6.43. The second kappa shape index (κ2) is 7.30. The molecule has 1 aromatic carbocycles. The van der Waals surface area contributed by atoms with Gasteiger partial charge in [-0.05, 0) is 24.8 Å². The van der Waals surface area contributed by atoms with Crippen LogP contribution in [0.4, 0.5) is 0 Å². The van der Waals surface area contributed by atoms with E-state index < -0.39 is 17.6 Å². The highest BCUT2D eigenvalue weighted by atomic mass is 35.5. The second-order valence-electron chi connectivity index (χ2n) is 7.16. The maximum Gasteiger partial charge on any atom is 0.341 e. The van der Waals surface area contributed by atoms with E-state index in [1.807, 2.05) is 0 Å². The molecule has 1 aliphatic carbocycles. The Morgan fingerprint density at radius 2 is 2.13 bits per heavy atom. The number of pyridine rings is 1. The zero-order valence-corrected chi connectivity index (χ0v) is 17.6. The Labute approximate surface area is 184 Å². The lowest BCUT2D eigenvalue weighted by molar-refractivity contribution is 0.0693. The minimum Gasteiger partial charge on any atom is -0.492 e. The summed E-state index contributed by atoms with van der Waals surface area (Å²) in [5.74, 6) is 0.191. The summed E-state index contributed by atoms with van der Waals surface area (Å²) in [7, 11) is 0. The van der Waals surface area contributed by atoms with E-state index in [2.05, 4.69) is 4.98 Å². The lowest BCUT2D eigenvalue weighted by Crippen LogP contribution is -2.27. The molecule has 5 rings (SSSR count). The van der Waals surface area contributed by atoms with Crippen molar-refractivity contribution in [3.8, 4) is 22.8 Å². The Balaban J connectivity index is 1.66. The van der Waals surface area contributed by atoms with Crippen LogP contribution < -0.4 is 14.9 Å². The molecule has 0 spiro atoms. The van der Waals surface area contributed by atoms with E-state index in [9.17, 15) is 14.7 Å². The van der Waals surface area contributed by atoms with Gasteiger partial charge in [-0.15, -0.1) is 11.3 Å². The normalized spacial score (nSPS) is 17.1. The van der Waals surface area contributed by atoms with Crippen LogP contribution in [0.5, 0.6) is 11.5 Å². The average molecular weight is 465 g/mol. The molecule has 10 heteroatoms. The first kappa shape index (κ1) is 19.4. The van der Waals surface area contributed by atoms with Crippen molar-refractivity contribution in [3.63, 3.8) is 0 Å². The molecule has 154 valence electrons. The standard InChI is InChI=1S/C20H14Cl2N2O5S/c21-12-3-10-13-4-14(25)11(20(26)27)7-24(13)19(18-23-6-17(22)30-18)29-15(10)5-16(12)28-8-9-1-2-9/h3-7,9,19H,1-2,8H2,(H,26,27). The minimum absolute atomic E-state index is 0.367. The number of rotatable bonds is 5. The van der Waals surface area contributed by atoms with E-state index >= 15 is 0 Å². The summed E-state index contributed by atoms with van der Waals surface area (Å²) in [6.07, 6.45) is 4.25. The van der Waals surface area contributed by atoms with Gasteiger partial charge in [0.15, 0.2) is 10.4 Å². The Kier molecular flexibility index (Phi) is 4.72. The molecule has 1 unspecified atom stereocenters. The predicted molar refractivity (Wildman–Crippen MR) is 112 cm³/mol. The van der Waals surface area contributed by atoms with Gasteiger partial charge in [0.2, 0.25) is 6.23 Å². The summed E-state index contributed by atoms with van der Waals surface area (Å²) in [5, 5.41) is 10.3. The van der Waals surface area contributed by atoms with Gasteiger partial charge < -0.3 is 19.1 Å². The van der Waals surface area contributed by atoms with Crippen molar-refractivity contribution in [1.29, 1.82) is 0 Å². The molecule has 2 aliphatic rings. The highest BCUT2D eigenvalue weighted by molar-refractivity contribution is 7.15. The van der Waals surface area contributed by atoms with Crippen molar-refractivity contribution in [1.82, 2.24) is 9.55 Å². The topological polar surface area (TPSA) is 90.7 Å². The molecule has 3 aromatic rings. The van der Waals surface area contributed by atoms with Crippen LogP contribution in [0.2, 0.25) is 9.36 Å². The highest BCUT2D eigenvalue weighted by Gasteiger charge is 2.31. The summed E-state index contributed by atoms with van der Waals surface area (Å²) in [6.45, 7) is 0.585. The molecule has 0 saturated heterocycles. The van der Waals surface area contributed by atoms with Gasteiger partial charge in [0.25, 0.3) is 0 Å². The number of halogens is 2. The highest BCUT2D eigenvalue weighted by Crippen LogP contribution is 2.45. The first-order valence-electron chi connectivity index (χ1n) is 9.15. The van der Waals surface area contributed by atoms with Crippen molar-refractivity contribution < 1.29 is 19.4 Å². The number of benzene rings is 1. The largest absolute Gasteiger partial charge is 0.492 e. The smallest absolute Gasteiger partial charge is 0.341 e. The first-order chi connectivity index (χ1) is 14.4. The average Bonchev–Trinajstić information content (AvgIpc) is 3.44. The van der Waals surface area contributed by atoms with Crippen molar-refractivity contribution in [3.05, 3.63) is 60.7 Å². The minimum atomic E-state index is -1.32. The molecule has 1 aliphatic heterocycles. The number of nitrogens with zero attached hydrogens (tertiary/aromatic N) is 2. The van der Waals surface area contributed by atoms with E-state index in [0.717, 1.165) is 12.8 Å². The van der Waals surface area contributed by atoms with Crippen LogP contribution in [0, 0.1) is 5.92 Å². The second-order valence-corrected chi connectivity index (χ2v) is 9.26. The number of aromatic carboxylic acids is 1. The first-order valence-corrected chi connectivity index (χ1v) is 10.7. The van der Waals surface area contributed by atoms with Gasteiger partial charge in [0.05, 0.1) is 23.5 Å². The zero-order valence-electron chi connectivity index (χ0n) is 15.3. The Morgan fingerprint density at radius 3 is 2.80 bits per heavy atom. The molecular weight excluding hydrogens is 451 g/mol. The predicted octanol–water partition coefficient (Wildman–Crippen LogP) is 4.70. The van der Waals surface area contributed by atoms with E-state index in [1.54, 1.807) is 16.7 Å². The number of carboxylic acids is 1. The molecule has 30 heavy (non-hydrogen) atoms. The summed E-state index contributed by atoms with van der Waals surface area (Å²) >= 11 is 13.7. The van der Waals surface area contributed by atoms with Crippen molar-refractivity contribution in [2.45, 2.75) is 19.1 Å². The van der Waals surface area contributed by atoms with E-state index in [4.69, 9.17) is 32.7 Å². The van der Waals surface area contributed by atoms with Gasteiger partial charge in [-0.1, -0.05) is 23.2 Å². The quantitative estimate of drug-likeness (QED) is 0.587. The van der Waals surface area contributed by atoms with Crippen molar-refractivity contribution in [2.75, 3.05) is 6.61 Å². The third-order valence-electron chi connectivity index (χ3n) is 4.99. The van der Waals surface area contributed by atoms with Gasteiger partial charge in [0, 0.05) is 23.9 Å². The zero-order chi connectivity index (χ0) is 21.0. The number of hydrogen-bond donors (Lipinski definition) is 1.